The lowest BCUT2D eigenvalue weighted by Crippen LogP contribution is -2.58. The average molecular weight is 453 g/mol. The van der Waals surface area contributed by atoms with E-state index in [1.807, 2.05) is 47.4 Å². The topological polar surface area (TPSA) is 106 Å². The molecule has 0 unspecified atom stereocenters. The zero-order chi connectivity index (χ0) is 20.0. The predicted octanol–water partition coefficient (Wildman–Crippen LogP) is 4.37. The van der Waals surface area contributed by atoms with Gasteiger partial charge in [-0.05, 0) is 68.1 Å². The Morgan fingerprint density at radius 2 is 1.76 bits per heavy atom. The second-order valence-electron chi connectivity index (χ2n) is 7.50. The molecule has 5 rings (SSSR count). The number of hydrogen-bond donors (Lipinski definition) is 2. The van der Waals surface area contributed by atoms with Crippen molar-refractivity contribution in [3.8, 4) is 11.5 Å². The number of hydrogen-bond acceptors (Lipinski definition) is 7. The molecule has 4 N–H and O–H groups in total. The van der Waals surface area contributed by atoms with Crippen LogP contribution in [-0.4, -0.2) is 22.6 Å². The summed E-state index contributed by atoms with van der Waals surface area (Å²) in [5, 5.41) is 0. The highest BCUT2D eigenvalue weighted by Crippen LogP contribution is 2.40. The number of fused-ring (bicyclic) bond motifs is 1. The minimum absolute atomic E-state index is 0.251. The molecule has 0 amide bonds. The molecule has 1 saturated carbocycles. The number of halogens is 1. The first-order chi connectivity index (χ1) is 14.0. The molecule has 1 fully saturated rings. The van der Waals surface area contributed by atoms with Crippen LogP contribution in [0.4, 0.5) is 5.69 Å². The molecule has 8 heteroatoms. The quantitative estimate of drug-likeness (QED) is 0.600. The number of oxazole rings is 1. The Morgan fingerprint density at radius 1 is 1.00 bits per heavy atom. The Kier molecular flexibility index (Phi) is 4.31. The summed E-state index contributed by atoms with van der Waals surface area (Å²) in [7, 11) is 0. The van der Waals surface area contributed by atoms with Gasteiger partial charge < -0.3 is 15.9 Å². The van der Waals surface area contributed by atoms with Crippen LogP contribution in [0.3, 0.4) is 0 Å². The van der Waals surface area contributed by atoms with Crippen molar-refractivity contribution in [1.29, 1.82) is 0 Å². The van der Waals surface area contributed by atoms with E-state index in [4.69, 9.17) is 25.9 Å². The highest BCUT2D eigenvalue weighted by Gasteiger charge is 2.42. The fourth-order valence-corrected chi connectivity index (χ4v) is 4.53. The number of guanidine groups is 2. The zero-order valence-corrected chi connectivity index (χ0v) is 17.4. The molecule has 3 aromatic rings. The second kappa shape index (κ2) is 6.88. The van der Waals surface area contributed by atoms with Gasteiger partial charge in [0.2, 0.25) is 17.8 Å². The normalized spacial score (nSPS) is 18.7. The summed E-state index contributed by atoms with van der Waals surface area (Å²) in [6.07, 6.45) is 5.15. The molecule has 2 aromatic carbocycles. The van der Waals surface area contributed by atoms with Crippen molar-refractivity contribution in [1.82, 2.24) is 4.98 Å². The fraction of sp³-hybridized carbons (Fsp3) is 0.286. The Bertz CT molecular complexity index is 1130. The van der Waals surface area contributed by atoms with Crippen LogP contribution in [-0.2, 0) is 0 Å². The third-order valence-electron chi connectivity index (χ3n) is 5.57. The molecular weight excluding hydrogens is 432 g/mol. The molecule has 2 heterocycles. The van der Waals surface area contributed by atoms with Crippen molar-refractivity contribution in [2.75, 3.05) is 4.90 Å². The predicted molar refractivity (Wildman–Crippen MR) is 119 cm³/mol. The van der Waals surface area contributed by atoms with Gasteiger partial charge in [0, 0.05) is 15.7 Å². The summed E-state index contributed by atoms with van der Waals surface area (Å²) in [6, 6.07) is 13.8. The molecule has 0 saturated heterocycles. The van der Waals surface area contributed by atoms with E-state index < -0.39 is 5.66 Å². The number of rotatable bonds is 2. The van der Waals surface area contributed by atoms with Crippen molar-refractivity contribution in [3.05, 3.63) is 46.9 Å². The zero-order valence-electron chi connectivity index (χ0n) is 15.8. The maximum Gasteiger partial charge on any atom is 0.227 e. The molecule has 1 aromatic heterocycles. The monoisotopic (exact) mass is 452 g/mol. The molecule has 29 heavy (non-hydrogen) atoms. The third kappa shape index (κ3) is 3.17. The maximum atomic E-state index is 6.33. The van der Waals surface area contributed by atoms with Gasteiger partial charge in [-0.15, -0.1) is 0 Å². The van der Waals surface area contributed by atoms with Crippen LogP contribution in [0.25, 0.3) is 22.6 Å². The minimum atomic E-state index is -0.472. The van der Waals surface area contributed by atoms with Gasteiger partial charge in [-0.3, -0.25) is 4.90 Å². The lowest BCUT2D eigenvalue weighted by molar-refractivity contribution is 0.305. The van der Waals surface area contributed by atoms with Crippen LogP contribution >= 0.6 is 15.9 Å². The van der Waals surface area contributed by atoms with Crippen molar-refractivity contribution in [2.45, 2.75) is 37.8 Å². The first kappa shape index (κ1) is 18.2. The number of aromatic nitrogens is 1. The largest absolute Gasteiger partial charge is 0.436 e. The molecule has 0 radical (unpaired) electrons. The van der Waals surface area contributed by atoms with Gasteiger partial charge in [-0.1, -0.05) is 22.4 Å². The van der Waals surface area contributed by atoms with E-state index in [1.165, 1.54) is 6.42 Å². The van der Waals surface area contributed by atoms with E-state index >= 15 is 0 Å². The van der Waals surface area contributed by atoms with Gasteiger partial charge in [0.05, 0.1) is 0 Å². The SMILES string of the molecule is NC1=NC2(CCCCC2)N(c2ccc3oc(-c4ccc(Br)cc4)nc3c2)C(N)=N1. The first-order valence-corrected chi connectivity index (χ1v) is 10.5. The molecular formula is C21H21BrN6O. The lowest BCUT2D eigenvalue weighted by Gasteiger charge is -2.45. The molecule has 0 atom stereocenters. The summed E-state index contributed by atoms with van der Waals surface area (Å²) in [6.45, 7) is 0. The molecule has 148 valence electrons. The molecule has 2 aliphatic rings. The summed E-state index contributed by atoms with van der Waals surface area (Å²) >= 11 is 3.45. The van der Waals surface area contributed by atoms with Crippen molar-refractivity contribution in [3.63, 3.8) is 0 Å². The van der Waals surface area contributed by atoms with Crippen LogP contribution in [0.5, 0.6) is 0 Å². The van der Waals surface area contributed by atoms with Crippen LogP contribution in [0.2, 0.25) is 0 Å². The Labute approximate surface area is 176 Å². The van der Waals surface area contributed by atoms with Crippen LogP contribution < -0.4 is 16.4 Å². The summed E-state index contributed by atoms with van der Waals surface area (Å²) in [4.78, 5) is 15.7. The summed E-state index contributed by atoms with van der Waals surface area (Å²) in [5.74, 6) is 1.20. The van der Waals surface area contributed by atoms with E-state index in [0.29, 0.717) is 11.9 Å². The smallest absolute Gasteiger partial charge is 0.227 e. The Hall–Kier alpha value is -2.87. The van der Waals surface area contributed by atoms with E-state index in [-0.39, 0.29) is 5.96 Å². The number of nitrogens with zero attached hydrogens (tertiary/aromatic N) is 4. The van der Waals surface area contributed by atoms with Crippen molar-refractivity contribution < 1.29 is 4.42 Å². The van der Waals surface area contributed by atoms with Crippen molar-refractivity contribution >= 4 is 44.6 Å². The first-order valence-electron chi connectivity index (χ1n) is 9.70. The Balaban J connectivity index is 1.57. The molecule has 1 aliphatic carbocycles. The second-order valence-corrected chi connectivity index (χ2v) is 8.41. The van der Waals surface area contributed by atoms with Gasteiger partial charge >= 0.3 is 0 Å². The number of aliphatic imine (C=N–C) groups is 2. The highest BCUT2D eigenvalue weighted by molar-refractivity contribution is 9.10. The highest BCUT2D eigenvalue weighted by atomic mass is 79.9. The van der Waals surface area contributed by atoms with E-state index in [1.54, 1.807) is 0 Å². The molecule has 0 bridgehead atoms. The van der Waals surface area contributed by atoms with E-state index in [2.05, 4.69) is 20.9 Å². The van der Waals surface area contributed by atoms with Gasteiger partial charge in [0.25, 0.3) is 0 Å². The fourth-order valence-electron chi connectivity index (χ4n) is 4.27. The summed E-state index contributed by atoms with van der Waals surface area (Å²) in [5.41, 5.74) is 15.1. The van der Waals surface area contributed by atoms with E-state index in [0.717, 1.165) is 52.5 Å². The van der Waals surface area contributed by atoms with Crippen molar-refractivity contribution in [2.24, 2.45) is 21.5 Å². The molecule has 7 nitrogen and oxygen atoms in total. The Morgan fingerprint density at radius 3 is 2.52 bits per heavy atom. The lowest BCUT2D eigenvalue weighted by atomic mass is 9.87. The number of benzene rings is 2. The molecule has 1 spiro atoms. The van der Waals surface area contributed by atoms with Crippen LogP contribution in [0, 0.1) is 0 Å². The van der Waals surface area contributed by atoms with E-state index in [9.17, 15) is 0 Å². The molecule has 1 aliphatic heterocycles. The van der Waals surface area contributed by atoms with Crippen LogP contribution in [0.15, 0.2) is 61.3 Å². The summed E-state index contributed by atoms with van der Waals surface area (Å²) < 4.78 is 6.97. The minimum Gasteiger partial charge on any atom is -0.436 e. The number of anilines is 1. The van der Waals surface area contributed by atoms with Gasteiger partial charge in [-0.25, -0.2) is 9.98 Å². The van der Waals surface area contributed by atoms with Gasteiger partial charge in [-0.2, -0.15) is 4.99 Å². The van der Waals surface area contributed by atoms with Crippen LogP contribution in [0.1, 0.15) is 32.1 Å². The van der Waals surface area contributed by atoms with Gasteiger partial charge in [0.15, 0.2) is 5.58 Å². The van der Waals surface area contributed by atoms with Gasteiger partial charge in [0.1, 0.15) is 11.2 Å². The standard InChI is InChI=1S/C21H21BrN6O/c22-14-6-4-13(5-7-14)18-25-16-12-15(8-9-17(16)29-18)28-20(24)26-19(23)27-21(28)10-2-1-3-11-21/h4-9,12H,1-3,10-11H2,(H4,23,24,26,27). The third-order valence-corrected chi connectivity index (χ3v) is 6.10. The average Bonchev–Trinajstić information content (AvgIpc) is 3.12. The maximum absolute atomic E-state index is 6.33. The number of nitrogens with two attached hydrogens (primary N) is 2.